The lowest BCUT2D eigenvalue weighted by atomic mass is 10.1. The van der Waals surface area contributed by atoms with E-state index in [1.165, 1.54) is 0 Å². The highest BCUT2D eigenvalue weighted by molar-refractivity contribution is 5.77. The molecule has 1 aromatic carbocycles. The standard InChI is InChI=1S/C17H18N4O3/c1-11-15(16(20-24-11)12-5-3-2-4-6-12)17-19-18-14(23-17)10-21-8-7-13(22)9-21/h2-6,13,22H,7-10H2,1H3/t13-/m1/s1. The summed E-state index contributed by atoms with van der Waals surface area (Å²) in [5.41, 5.74) is 2.35. The van der Waals surface area contributed by atoms with Crippen molar-refractivity contribution in [1.82, 2.24) is 20.3 Å². The van der Waals surface area contributed by atoms with Gasteiger partial charge < -0.3 is 14.0 Å². The fourth-order valence-electron chi connectivity index (χ4n) is 2.98. The van der Waals surface area contributed by atoms with Crippen molar-refractivity contribution >= 4 is 0 Å². The normalized spacial score (nSPS) is 18.3. The first-order chi connectivity index (χ1) is 11.7. The van der Waals surface area contributed by atoms with E-state index in [2.05, 4.69) is 20.3 Å². The summed E-state index contributed by atoms with van der Waals surface area (Å²) in [5.74, 6) is 1.57. The van der Waals surface area contributed by atoms with Crippen LogP contribution in [0.4, 0.5) is 0 Å². The van der Waals surface area contributed by atoms with Crippen LogP contribution in [0, 0.1) is 6.92 Å². The van der Waals surface area contributed by atoms with Crippen LogP contribution in [0.3, 0.4) is 0 Å². The molecule has 1 aliphatic heterocycles. The second-order valence-electron chi connectivity index (χ2n) is 6.01. The van der Waals surface area contributed by atoms with E-state index in [9.17, 15) is 5.11 Å². The van der Waals surface area contributed by atoms with Crippen LogP contribution in [0.15, 0.2) is 39.3 Å². The summed E-state index contributed by atoms with van der Waals surface area (Å²) in [6.07, 6.45) is 0.515. The zero-order valence-corrected chi connectivity index (χ0v) is 13.3. The minimum atomic E-state index is -0.266. The van der Waals surface area contributed by atoms with Crippen molar-refractivity contribution in [1.29, 1.82) is 0 Å². The van der Waals surface area contributed by atoms with Gasteiger partial charge in [-0.2, -0.15) is 0 Å². The lowest BCUT2D eigenvalue weighted by Crippen LogP contribution is -2.21. The average Bonchev–Trinajstić information content (AvgIpc) is 3.29. The lowest BCUT2D eigenvalue weighted by molar-refractivity contribution is 0.171. The second kappa shape index (κ2) is 6.18. The summed E-state index contributed by atoms with van der Waals surface area (Å²) in [7, 11) is 0. The Labute approximate surface area is 138 Å². The maximum absolute atomic E-state index is 9.60. The van der Waals surface area contributed by atoms with Gasteiger partial charge in [-0.15, -0.1) is 10.2 Å². The van der Waals surface area contributed by atoms with Gasteiger partial charge in [-0.3, -0.25) is 4.90 Å². The van der Waals surface area contributed by atoms with E-state index in [0.717, 1.165) is 24.1 Å². The number of benzene rings is 1. The third-order valence-electron chi connectivity index (χ3n) is 4.20. The molecule has 0 amide bonds. The molecule has 4 rings (SSSR count). The molecule has 3 aromatic rings. The maximum Gasteiger partial charge on any atom is 0.253 e. The molecular weight excluding hydrogens is 308 g/mol. The Balaban J connectivity index is 1.62. The molecule has 1 atom stereocenters. The Morgan fingerprint density at radius 2 is 2.08 bits per heavy atom. The average molecular weight is 326 g/mol. The highest BCUT2D eigenvalue weighted by Crippen LogP contribution is 2.33. The van der Waals surface area contributed by atoms with Gasteiger partial charge in [0, 0.05) is 18.7 Å². The van der Waals surface area contributed by atoms with Gasteiger partial charge in [-0.25, -0.2) is 0 Å². The molecule has 0 unspecified atom stereocenters. The zero-order valence-electron chi connectivity index (χ0n) is 13.3. The molecule has 3 heterocycles. The minimum Gasteiger partial charge on any atom is -0.419 e. The van der Waals surface area contributed by atoms with E-state index >= 15 is 0 Å². The zero-order chi connectivity index (χ0) is 16.5. The Hall–Kier alpha value is -2.51. The van der Waals surface area contributed by atoms with Crippen molar-refractivity contribution in [3.63, 3.8) is 0 Å². The number of aliphatic hydroxyl groups is 1. The van der Waals surface area contributed by atoms with Crippen LogP contribution in [-0.2, 0) is 6.54 Å². The molecule has 7 nitrogen and oxygen atoms in total. The third-order valence-corrected chi connectivity index (χ3v) is 4.20. The predicted octanol–water partition coefficient (Wildman–Crippen LogP) is 2.27. The van der Waals surface area contributed by atoms with Crippen LogP contribution >= 0.6 is 0 Å². The Bertz CT molecular complexity index is 827. The molecule has 124 valence electrons. The van der Waals surface area contributed by atoms with E-state index in [0.29, 0.717) is 36.3 Å². The highest BCUT2D eigenvalue weighted by Gasteiger charge is 2.24. The third kappa shape index (κ3) is 2.83. The molecule has 1 aliphatic rings. The van der Waals surface area contributed by atoms with Crippen molar-refractivity contribution in [2.45, 2.75) is 26.0 Å². The van der Waals surface area contributed by atoms with Crippen LogP contribution in [0.1, 0.15) is 18.1 Å². The van der Waals surface area contributed by atoms with Crippen molar-refractivity contribution < 1.29 is 14.0 Å². The van der Waals surface area contributed by atoms with E-state index < -0.39 is 0 Å². The van der Waals surface area contributed by atoms with Gasteiger partial charge in [0.25, 0.3) is 5.89 Å². The van der Waals surface area contributed by atoms with Gasteiger partial charge in [0.1, 0.15) is 17.0 Å². The summed E-state index contributed by atoms with van der Waals surface area (Å²) in [6, 6.07) is 9.76. The monoisotopic (exact) mass is 326 g/mol. The number of hydrogen-bond donors (Lipinski definition) is 1. The predicted molar refractivity (Wildman–Crippen MR) is 85.9 cm³/mol. The summed E-state index contributed by atoms with van der Waals surface area (Å²) < 4.78 is 11.2. The Morgan fingerprint density at radius 1 is 1.25 bits per heavy atom. The summed E-state index contributed by atoms with van der Waals surface area (Å²) in [6.45, 7) is 3.84. The molecule has 1 fully saturated rings. The number of aryl methyl sites for hydroxylation is 1. The van der Waals surface area contributed by atoms with Gasteiger partial charge in [0.05, 0.1) is 12.6 Å². The van der Waals surface area contributed by atoms with E-state index in [-0.39, 0.29) is 6.10 Å². The molecule has 24 heavy (non-hydrogen) atoms. The Morgan fingerprint density at radius 3 is 2.83 bits per heavy atom. The summed E-state index contributed by atoms with van der Waals surface area (Å²) in [4.78, 5) is 2.10. The Kier molecular flexibility index (Phi) is 3.87. The number of β-amino-alcohol motifs (C(OH)–C–C–N with tert-alkyl or cyclic N) is 1. The van der Waals surface area contributed by atoms with Crippen molar-refractivity contribution in [2.24, 2.45) is 0 Å². The molecule has 0 bridgehead atoms. The molecular formula is C17H18N4O3. The van der Waals surface area contributed by atoms with Crippen LogP contribution in [0.25, 0.3) is 22.7 Å². The second-order valence-corrected chi connectivity index (χ2v) is 6.01. The molecule has 1 saturated heterocycles. The van der Waals surface area contributed by atoms with Crippen LogP contribution in [0.2, 0.25) is 0 Å². The van der Waals surface area contributed by atoms with E-state index in [1.807, 2.05) is 37.3 Å². The molecule has 7 heteroatoms. The van der Waals surface area contributed by atoms with Gasteiger partial charge in [-0.1, -0.05) is 35.5 Å². The molecule has 0 spiro atoms. The van der Waals surface area contributed by atoms with Gasteiger partial charge in [0.15, 0.2) is 0 Å². The fraction of sp³-hybridized carbons (Fsp3) is 0.353. The topological polar surface area (TPSA) is 88.4 Å². The molecule has 0 aliphatic carbocycles. The quantitative estimate of drug-likeness (QED) is 0.786. The summed E-state index contributed by atoms with van der Waals surface area (Å²) in [5, 5.41) is 22.0. The van der Waals surface area contributed by atoms with Crippen LogP contribution in [0.5, 0.6) is 0 Å². The van der Waals surface area contributed by atoms with Gasteiger partial charge in [0.2, 0.25) is 5.89 Å². The largest absolute Gasteiger partial charge is 0.419 e. The highest BCUT2D eigenvalue weighted by atomic mass is 16.5. The number of rotatable bonds is 4. The SMILES string of the molecule is Cc1onc(-c2ccccc2)c1-c1nnc(CN2CC[C@@H](O)C2)o1. The number of aliphatic hydroxyl groups excluding tert-OH is 1. The van der Waals surface area contributed by atoms with E-state index in [4.69, 9.17) is 8.94 Å². The summed E-state index contributed by atoms with van der Waals surface area (Å²) >= 11 is 0. The lowest BCUT2D eigenvalue weighted by Gasteiger charge is -2.10. The van der Waals surface area contributed by atoms with Crippen LogP contribution < -0.4 is 0 Å². The van der Waals surface area contributed by atoms with Crippen molar-refractivity contribution in [2.75, 3.05) is 13.1 Å². The van der Waals surface area contributed by atoms with E-state index in [1.54, 1.807) is 0 Å². The van der Waals surface area contributed by atoms with Gasteiger partial charge in [-0.05, 0) is 13.3 Å². The fourth-order valence-corrected chi connectivity index (χ4v) is 2.98. The van der Waals surface area contributed by atoms with Crippen LogP contribution in [-0.4, -0.2) is 44.6 Å². The first-order valence-electron chi connectivity index (χ1n) is 7.95. The molecule has 1 N–H and O–H groups in total. The van der Waals surface area contributed by atoms with Gasteiger partial charge >= 0.3 is 0 Å². The molecule has 0 saturated carbocycles. The van der Waals surface area contributed by atoms with Crippen molar-refractivity contribution in [3.05, 3.63) is 42.0 Å². The number of likely N-dealkylation sites (tertiary alicyclic amines) is 1. The number of nitrogens with zero attached hydrogens (tertiary/aromatic N) is 4. The maximum atomic E-state index is 9.60. The molecule has 2 aromatic heterocycles. The first kappa shape index (κ1) is 15.0. The number of aromatic nitrogens is 3. The smallest absolute Gasteiger partial charge is 0.253 e. The molecule has 0 radical (unpaired) electrons. The first-order valence-corrected chi connectivity index (χ1v) is 7.95. The van der Waals surface area contributed by atoms with Crippen molar-refractivity contribution in [3.8, 4) is 22.7 Å². The number of hydrogen-bond acceptors (Lipinski definition) is 7. The minimum absolute atomic E-state index is 0.266.